The summed E-state index contributed by atoms with van der Waals surface area (Å²) in [6.45, 7) is 0. The number of benzene rings is 1. The molecule has 3 nitrogen and oxygen atoms in total. The van der Waals surface area contributed by atoms with Crippen molar-refractivity contribution < 1.29 is 4.39 Å². The number of nitrogens with zero attached hydrogens (tertiary/aromatic N) is 2. The van der Waals surface area contributed by atoms with Gasteiger partial charge in [-0.3, -0.25) is 4.68 Å². The molecule has 0 amide bonds. The van der Waals surface area contributed by atoms with E-state index in [1.807, 2.05) is 0 Å². The van der Waals surface area contributed by atoms with Crippen molar-refractivity contribution in [3.8, 4) is 0 Å². The molecule has 1 aromatic carbocycles. The first-order valence-corrected chi connectivity index (χ1v) is 6.05. The maximum atomic E-state index is 13.7. The number of nitrogens with two attached hydrogens (primary N) is 1. The Morgan fingerprint density at radius 2 is 2.24 bits per heavy atom. The quantitative estimate of drug-likeness (QED) is 0.925. The molecule has 1 unspecified atom stereocenters. The van der Waals surface area contributed by atoms with E-state index in [2.05, 4.69) is 21.0 Å². The van der Waals surface area contributed by atoms with Gasteiger partial charge in [0.2, 0.25) is 0 Å². The number of aromatic nitrogens is 2. The van der Waals surface area contributed by atoms with Crippen LogP contribution in [0.1, 0.15) is 17.3 Å². The Balaban J connectivity index is 2.47. The summed E-state index contributed by atoms with van der Waals surface area (Å²) in [4.78, 5) is 0. The summed E-state index contributed by atoms with van der Waals surface area (Å²) in [7, 11) is 1.76. The van der Waals surface area contributed by atoms with E-state index in [9.17, 15) is 4.39 Å². The molecule has 2 aromatic rings. The van der Waals surface area contributed by atoms with E-state index >= 15 is 0 Å². The minimum absolute atomic E-state index is 0.350. The number of hydrogen-bond acceptors (Lipinski definition) is 2. The molecule has 0 aliphatic rings. The van der Waals surface area contributed by atoms with Gasteiger partial charge in [-0.05, 0) is 28.1 Å². The second kappa shape index (κ2) is 4.76. The van der Waals surface area contributed by atoms with E-state index in [1.165, 1.54) is 6.07 Å². The summed E-state index contributed by atoms with van der Waals surface area (Å²) >= 11 is 9.04. The Hall–Kier alpha value is -0.910. The van der Waals surface area contributed by atoms with Gasteiger partial charge in [0.1, 0.15) is 5.82 Å². The zero-order valence-corrected chi connectivity index (χ0v) is 11.3. The molecule has 0 saturated heterocycles. The molecule has 2 N–H and O–H groups in total. The summed E-state index contributed by atoms with van der Waals surface area (Å²) in [5.74, 6) is -0.418. The first kappa shape index (κ1) is 12.5. The third kappa shape index (κ3) is 2.36. The fourth-order valence-electron chi connectivity index (χ4n) is 1.67. The summed E-state index contributed by atoms with van der Waals surface area (Å²) in [6, 6.07) is 3.86. The largest absolute Gasteiger partial charge is 0.319 e. The van der Waals surface area contributed by atoms with E-state index in [0.717, 1.165) is 4.47 Å². The van der Waals surface area contributed by atoms with Gasteiger partial charge < -0.3 is 5.73 Å². The third-order valence-electron chi connectivity index (χ3n) is 2.53. The molecule has 1 atom stereocenters. The molecule has 0 radical (unpaired) electrons. The monoisotopic (exact) mass is 317 g/mol. The lowest BCUT2D eigenvalue weighted by Gasteiger charge is -2.14. The van der Waals surface area contributed by atoms with E-state index in [0.29, 0.717) is 16.3 Å². The lowest BCUT2D eigenvalue weighted by atomic mass is 10.0. The fraction of sp³-hybridized carbons (Fsp3) is 0.182. The summed E-state index contributed by atoms with van der Waals surface area (Å²) in [5, 5.41) is 4.40. The predicted octanol–water partition coefficient (Wildman–Crippen LogP) is 3.02. The molecule has 6 heteroatoms. The van der Waals surface area contributed by atoms with Crippen molar-refractivity contribution >= 4 is 27.5 Å². The lowest BCUT2D eigenvalue weighted by molar-refractivity contribution is 0.586. The molecule has 0 spiro atoms. The minimum atomic E-state index is -0.589. The highest BCUT2D eigenvalue weighted by Crippen LogP contribution is 2.28. The van der Waals surface area contributed by atoms with E-state index in [-0.39, 0.29) is 0 Å². The van der Waals surface area contributed by atoms with Crippen molar-refractivity contribution in [1.29, 1.82) is 0 Å². The predicted molar refractivity (Wildman–Crippen MR) is 68.3 cm³/mol. The number of hydrogen-bond donors (Lipinski definition) is 1. The van der Waals surface area contributed by atoms with Gasteiger partial charge >= 0.3 is 0 Å². The lowest BCUT2D eigenvalue weighted by Crippen LogP contribution is -2.17. The van der Waals surface area contributed by atoms with Gasteiger partial charge in [-0.25, -0.2) is 4.39 Å². The van der Waals surface area contributed by atoms with Crippen LogP contribution in [0, 0.1) is 5.82 Å². The van der Waals surface area contributed by atoms with E-state index < -0.39 is 11.9 Å². The second-order valence-electron chi connectivity index (χ2n) is 3.64. The standard InChI is InChI=1S/C11H10BrClFN3/c1-17-11(8(12)5-16-17)10(15)7-3-2-6(13)4-9(7)14/h2-5,10H,15H2,1H3. The summed E-state index contributed by atoms with van der Waals surface area (Å²) in [6.07, 6.45) is 1.63. The average molecular weight is 319 g/mol. The number of aryl methyl sites for hydroxylation is 1. The maximum Gasteiger partial charge on any atom is 0.129 e. The van der Waals surface area contributed by atoms with Crippen LogP contribution < -0.4 is 5.73 Å². The van der Waals surface area contributed by atoms with E-state index in [4.69, 9.17) is 17.3 Å². The topological polar surface area (TPSA) is 43.8 Å². The van der Waals surface area contributed by atoms with Crippen LogP contribution in [0.2, 0.25) is 5.02 Å². The molecular weight excluding hydrogens is 308 g/mol. The number of halogens is 3. The molecule has 0 bridgehead atoms. The van der Waals surface area contributed by atoms with Crippen LogP contribution in [0.15, 0.2) is 28.9 Å². The van der Waals surface area contributed by atoms with Gasteiger partial charge in [0, 0.05) is 17.6 Å². The average Bonchev–Trinajstić information content (AvgIpc) is 2.58. The highest BCUT2D eigenvalue weighted by atomic mass is 79.9. The zero-order valence-electron chi connectivity index (χ0n) is 8.99. The van der Waals surface area contributed by atoms with E-state index in [1.54, 1.807) is 30.1 Å². The zero-order chi connectivity index (χ0) is 12.6. The van der Waals surface area contributed by atoms with Crippen LogP contribution in [0.3, 0.4) is 0 Å². The molecule has 1 aromatic heterocycles. The Morgan fingerprint density at radius 1 is 1.53 bits per heavy atom. The Bertz CT molecular complexity index is 536. The van der Waals surface area contributed by atoms with Gasteiger partial charge in [-0.1, -0.05) is 17.7 Å². The molecule has 0 saturated carbocycles. The Morgan fingerprint density at radius 3 is 2.76 bits per heavy atom. The van der Waals surface area contributed by atoms with Crippen LogP contribution in [0.5, 0.6) is 0 Å². The molecule has 1 heterocycles. The van der Waals surface area contributed by atoms with Crippen molar-refractivity contribution in [2.24, 2.45) is 12.8 Å². The van der Waals surface area contributed by atoms with Gasteiger partial charge in [0.05, 0.1) is 22.4 Å². The molecule has 17 heavy (non-hydrogen) atoms. The van der Waals surface area contributed by atoms with Crippen LogP contribution in [0.25, 0.3) is 0 Å². The Kier molecular flexibility index (Phi) is 3.51. The van der Waals surface area contributed by atoms with Crippen molar-refractivity contribution in [3.05, 3.63) is 51.0 Å². The molecule has 2 rings (SSSR count). The first-order chi connectivity index (χ1) is 8.00. The first-order valence-electron chi connectivity index (χ1n) is 4.88. The van der Waals surface area contributed by atoms with Crippen LogP contribution >= 0.6 is 27.5 Å². The van der Waals surface area contributed by atoms with Gasteiger partial charge in [-0.15, -0.1) is 0 Å². The highest BCUT2D eigenvalue weighted by Gasteiger charge is 2.19. The summed E-state index contributed by atoms with van der Waals surface area (Å²) in [5.41, 5.74) is 7.14. The third-order valence-corrected chi connectivity index (χ3v) is 3.38. The van der Waals surface area contributed by atoms with Gasteiger partial charge in [0.15, 0.2) is 0 Å². The van der Waals surface area contributed by atoms with Crippen LogP contribution in [0.4, 0.5) is 4.39 Å². The van der Waals surface area contributed by atoms with Gasteiger partial charge in [0.25, 0.3) is 0 Å². The molecule has 90 valence electrons. The van der Waals surface area contributed by atoms with Crippen LogP contribution in [-0.2, 0) is 7.05 Å². The SMILES string of the molecule is Cn1ncc(Br)c1C(N)c1ccc(Cl)cc1F. The Labute approximate surface area is 112 Å². The van der Waals surface area contributed by atoms with Crippen molar-refractivity contribution in [2.75, 3.05) is 0 Å². The number of rotatable bonds is 2. The highest BCUT2D eigenvalue weighted by molar-refractivity contribution is 9.10. The minimum Gasteiger partial charge on any atom is -0.319 e. The second-order valence-corrected chi connectivity index (χ2v) is 4.94. The van der Waals surface area contributed by atoms with Crippen molar-refractivity contribution in [2.45, 2.75) is 6.04 Å². The van der Waals surface area contributed by atoms with Crippen LogP contribution in [-0.4, -0.2) is 9.78 Å². The molecule has 0 aliphatic heterocycles. The molecular formula is C11H10BrClFN3. The fourth-order valence-corrected chi connectivity index (χ4v) is 2.42. The summed E-state index contributed by atoms with van der Waals surface area (Å²) < 4.78 is 16.1. The smallest absolute Gasteiger partial charge is 0.129 e. The normalized spacial score (nSPS) is 12.8. The molecule has 0 aliphatic carbocycles. The van der Waals surface area contributed by atoms with Gasteiger partial charge in [-0.2, -0.15) is 5.10 Å². The maximum absolute atomic E-state index is 13.7. The van der Waals surface area contributed by atoms with Crippen molar-refractivity contribution in [3.63, 3.8) is 0 Å². The van der Waals surface area contributed by atoms with Crippen molar-refractivity contribution in [1.82, 2.24) is 9.78 Å². The molecule has 0 fully saturated rings.